The van der Waals surface area contributed by atoms with Gasteiger partial charge >= 0.3 is 0 Å². The van der Waals surface area contributed by atoms with E-state index in [-0.39, 0.29) is 16.9 Å². The van der Waals surface area contributed by atoms with Gasteiger partial charge in [0.1, 0.15) is 11.5 Å². The molecule has 0 aliphatic heterocycles. The summed E-state index contributed by atoms with van der Waals surface area (Å²) < 4.78 is 2.18. The summed E-state index contributed by atoms with van der Waals surface area (Å²) in [6.45, 7) is 2.85. The lowest BCUT2D eigenvalue weighted by molar-refractivity contribution is 0.474. The molecule has 0 aliphatic rings. The molecule has 5 aromatic rings. The monoisotopic (exact) mass is 440 g/mol. The van der Waals surface area contributed by atoms with Crippen molar-refractivity contribution in [1.82, 2.24) is 4.57 Å². The second-order valence-electron chi connectivity index (χ2n) is 7.56. The Balaban J connectivity index is 1.78. The molecule has 0 radical (unpaired) electrons. The number of aryl methyl sites for hydroxylation is 1. The third-order valence-electron chi connectivity index (χ3n) is 5.64. The first-order valence-corrected chi connectivity index (χ1v) is 11.7. The topological polar surface area (TPSA) is 62.5 Å². The van der Waals surface area contributed by atoms with E-state index in [1.165, 1.54) is 0 Å². The van der Waals surface area contributed by atoms with Crippen LogP contribution in [0.2, 0.25) is 0 Å². The van der Waals surface area contributed by atoms with Crippen molar-refractivity contribution in [2.24, 2.45) is 0 Å². The molecule has 4 aromatic carbocycles. The van der Waals surface area contributed by atoms with Crippen LogP contribution in [0.4, 0.5) is 0 Å². The zero-order valence-corrected chi connectivity index (χ0v) is 18.3. The minimum Gasteiger partial charge on any atom is -0.508 e. The predicted octanol–water partition coefficient (Wildman–Crippen LogP) is 5.68. The molecule has 0 bridgehead atoms. The molecule has 0 amide bonds. The molecule has 4 nitrogen and oxygen atoms in total. The number of hydrogen-bond donors (Lipinski definition) is 2. The summed E-state index contributed by atoms with van der Waals surface area (Å²) in [6.07, 6.45) is 0. The number of phenolic OH excluding ortho intramolecular Hbond substituents is 2. The van der Waals surface area contributed by atoms with Gasteiger partial charge in [-0.1, -0.05) is 12.1 Å². The molecular formula is C27H22NO3S+. The lowest BCUT2D eigenvalue weighted by Crippen LogP contribution is -2.12. The number of aromatic hydroxyl groups is 2. The molecule has 0 fully saturated rings. The molecule has 32 heavy (non-hydrogen) atoms. The fraction of sp³-hybridized carbons (Fsp3) is 0.0741. The van der Waals surface area contributed by atoms with Gasteiger partial charge in [-0.05, 0) is 79.7 Å². The SMILES string of the molecule is CCn1c2ccccc2c(=O)c2cc([S+](c3ccc(O)cc3)c3ccc(O)cc3)ccc21. The number of pyridine rings is 1. The number of hydrogen-bond acceptors (Lipinski definition) is 3. The Morgan fingerprint density at radius 2 is 1.22 bits per heavy atom. The van der Waals surface area contributed by atoms with Crippen LogP contribution < -0.4 is 5.43 Å². The highest BCUT2D eigenvalue weighted by Crippen LogP contribution is 2.34. The minimum absolute atomic E-state index is 0.0297. The van der Waals surface area contributed by atoms with Gasteiger partial charge in [-0.15, -0.1) is 0 Å². The fourth-order valence-corrected chi connectivity index (χ4v) is 6.22. The third-order valence-corrected chi connectivity index (χ3v) is 7.85. The van der Waals surface area contributed by atoms with Crippen LogP contribution >= 0.6 is 0 Å². The van der Waals surface area contributed by atoms with E-state index in [0.717, 1.165) is 32.3 Å². The first-order valence-electron chi connectivity index (χ1n) is 10.4. The lowest BCUT2D eigenvalue weighted by atomic mass is 10.1. The van der Waals surface area contributed by atoms with Crippen LogP contribution in [-0.2, 0) is 17.4 Å². The molecule has 5 rings (SSSR count). The van der Waals surface area contributed by atoms with Crippen LogP contribution in [0.5, 0.6) is 11.5 Å². The van der Waals surface area contributed by atoms with Crippen molar-refractivity contribution in [3.63, 3.8) is 0 Å². The Kier molecular flexibility index (Phi) is 5.11. The number of rotatable bonds is 4. The van der Waals surface area contributed by atoms with Crippen molar-refractivity contribution < 1.29 is 10.2 Å². The summed E-state index contributed by atoms with van der Waals surface area (Å²) in [7, 11) is -0.508. The second-order valence-corrected chi connectivity index (χ2v) is 9.59. The average molecular weight is 441 g/mol. The van der Waals surface area contributed by atoms with E-state index >= 15 is 0 Å². The van der Waals surface area contributed by atoms with Gasteiger partial charge < -0.3 is 14.8 Å². The van der Waals surface area contributed by atoms with Crippen LogP contribution in [0.1, 0.15) is 6.92 Å². The molecule has 2 N–H and O–H groups in total. The average Bonchev–Trinajstić information content (AvgIpc) is 2.82. The van der Waals surface area contributed by atoms with Crippen molar-refractivity contribution in [2.45, 2.75) is 28.2 Å². The normalized spacial score (nSPS) is 11.4. The van der Waals surface area contributed by atoms with E-state index in [4.69, 9.17) is 0 Å². The number of aromatic nitrogens is 1. The van der Waals surface area contributed by atoms with Crippen molar-refractivity contribution in [1.29, 1.82) is 0 Å². The highest BCUT2D eigenvalue weighted by atomic mass is 32.2. The first kappa shape index (κ1) is 20.2. The van der Waals surface area contributed by atoms with Crippen molar-refractivity contribution in [2.75, 3.05) is 0 Å². The van der Waals surface area contributed by atoms with Gasteiger partial charge in [0.15, 0.2) is 20.1 Å². The smallest absolute Gasteiger partial charge is 0.197 e. The van der Waals surface area contributed by atoms with Crippen molar-refractivity contribution in [3.05, 3.63) is 101 Å². The fourth-order valence-electron chi connectivity index (χ4n) is 4.15. The van der Waals surface area contributed by atoms with E-state index in [1.54, 1.807) is 24.3 Å². The lowest BCUT2D eigenvalue weighted by Gasteiger charge is -2.14. The second kappa shape index (κ2) is 8.09. The summed E-state index contributed by atoms with van der Waals surface area (Å²) in [5.41, 5.74) is 1.89. The van der Waals surface area contributed by atoms with E-state index in [1.807, 2.05) is 60.7 Å². The minimum atomic E-state index is -0.508. The van der Waals surface area contributed by atoms with Gasteiger partial charge in [-0.2, -0.15) is 0 Å². The summed E-state index contributed by atoms with van der Waals surface area (Å²) in [6, 6.07) is 28.2. The summed E-state index contributed by atoms with van der Waals surface area (Å²) in [5, 5.41) is 21.0. The predicted molar refractivity (Wildman–Crippen MR) is 130 cm³/mol. The Morgan fingerprint density at radius 3 is 1.81 bits per heavy atom. The molecule has 0 aliphatic carbocycles. The van der Waals surface area contributed by atoms with Crippen molar-refractivity contribution >= 4 is 32.7 Å². The number of para-hydroxylation sites is 1. The maximum absolute atomic E-state index is 13.4. The molecule has 0 spiro atoms. The van der Waals surface area contributed by atoms with Crippen LogP contribution in [0.3, 0.4) is 0 Å². The molecule has 0 saturated carbocycles. The van der Waals surface area contributed by atoms with Gasteiger partial charge in [0.05, 0.1) is 27.3 Å². The highest BCUT2D eigenvalue weighted by molar-refractivity contribution is 7.97. The van der Waals surface area contributed by atoms with E-state index in [2.05, 4.69) is 17.6 Å². The van der Waals surface area contributed by atoms with Gasteiger partial charge in [-0.3, -0.25) is 4.79 Å². The summed E-state index contributed by atoms with van der Waals surface area (Å²) in [4.78, 5) is 16.5. The summed E-state index contributed by atoms with van der Waals surface area (Å²) in [5.74, 6) is 0.414. The van der Waals surface area contributed by atoms with Crippen molar-refractivity contribution in [3.8, 4) is 11.5 Å². The maximum Gasteiger partial charge on any atom is 0.197 e. The molecule has 1 heterocycles. The van der Waals surface area contributed by atoms with Crippen LogP contribution in [0.15, 0.2) is 110 Å². The number of phenols is 2. The van der Waals surface area contributed by atoms with Gasteiger partial charge in [0.25, 0.3) is 0 Å². The molecule has 158 valence electrons. The third kappa shape index (κ3) is 3.41. The molecular weight excluding hydrogens is 418 g/mol. The van der Waals surface area contributed by atoms with E-state index < -0.39 is 10.9 Å². The number of fused-ring (bicyclic) bond motifs is 2. The molecule has 0 unspecified atom stereocenters. The van der Waals surface area contributed by atoms with Crippen LogP contribution in [0, 0.1) is 0 Å². The Labute approximate surface area is 188 Å². The Bertz CT molecular complexity index is 1440. The zero-order valence-electron chi connectivity index (χ0n) is 17.5. The van der Waals surface area contributed by atoms with E-state index in [0.29, 0.717) is 10.8 Å². The van der Waals surface area contributed by atoms with Crippen LogP contribution in [0.25, 0.3) is 21.8 Å². The molecule has 0 atom stereocenters. The van der Waals surface area contributed by atoms with Gasteiger partial charge in [0, 0.05) is 18.0 Å². The van der Waals surface area contributed by atoms with Gasteiger partial charge in [0.2, 0.25) is 0 Å². The molecule has 5 heteroatoms. The Hall–Kier alpha value is -3.70. The largest absolute Gasteiger partial charge is 0.508 e. The van der Waals surface area contributed by atoms with Crippen LogP contribution in [-0.4, -0.2) is 14.8 Å². The maximum atomic E-state index is 13.4. The quantitative estimate of drug-likeness (QED) is 0.279. The molecule has 0 saturated heterocycles. The number of benzene rings is 4. The number of nitrogens with zero attached hydrogens (tertiary/aromatic N) is 1. The van der Waals surface area contributed by atoms with Gasteiger partial charge in [-0.25, -0.2) is 0 Å². The Morgan fingerprint density at radius 1 is 0.688 bits per heavy atom. The summed E-state index contributed by atoms with van der Waals surface area (Å²) >= 11 is 0. The standard InChI is InChI=1S/C27H21NO3S/c1-2-28-25-6-4-3-5-23(25)27(31)24-17-22(15-16-26(24)28)32(20-11-7-18(29)8-12-20)21-13-9-19(30)10-14-21/h3-17H,2H2,1H3,(H-,29,30)/p+1. The first-order chi connectivity index (χ1) is 15.6. The molecule has 1 aromatic heterocycles. The highest BCUT2D eigenvalue weighted by Gasteiger charge is 2.29. The zero-order chi connectivity index (χ0) is 22.2. The van der Waals surface area contributed by atoms with E-state index in [9.17, 15) is 15.0 Å².